The maximum atomic E-state index is 12.2. The maximum Gasteiger partial charge on any atom is 0.322 e. The Bertz CT molecular complexity index is 670. The first-order chi connectivity index (χ1) is 9.56. The molecule has 116 valence electrons. The van der Waals surface area contributed by atoms with Crippen molar-refractivity contribution in [1.82, 2.24) is 0 Å². The lowest BCUT2D eigenvalue weighted by molar-refractivity contribution is -0.385. The molecular formula is C12H14BrNO6S. The second kappa shape index (κ2) is 6.52. The highest BCUT2D eigenvalue weighted by atomic mass is 79.9. The fraction of sp³-hybridized carbons (Fsp3) is 0.417. The minimum Gasteiger partial charge on any atom is -0.480 e. The van der Waals surface area contributed by atoms with E-state index in [0.29, 0.717) is 4.47 Å². The Morgan fingerprint density at radius 3 is 2.43 bits per heavy atom. The maximum absolute atomic E-state index is 12.2. The molecule has 0 aliphatic heterocycles. The molecule has 7 nitrogen and oxygen atoms in total. The van der Waals surface area contributed by atoms with E-state index >= 15 is 0 Å². The predicted molar refractivity (Wildman–Crippen MR) is 79.7 cm³/mol. The fourth-order valence-corrected chi connectivity index (χ4v) is 4.33. The van der Waals surface area contributed by atoms with Crippen molar-refractivity contribution in [2.24, 2.45) is 5.92 Å². The van der Waals surface area contributed by atoms with Gasteiger partial charge in [-0.2, -0.15) is 0 Å². The third-order valence-electron chi connectivity index (χ3n) is 2.84. The smallest absolute Gasteiger partial charge is 0.322 e. The Morgan fingerprint density at radius 1 is 1.43 bits per heavy atom. The van der Waals surface area contributed by atoms with E-state index in [1.54, 1.807) is 0 Å². The SMILES string of the molecule is CC(C)C(C(=O)O)S(=O)(=O)Cc1ccc(Br)cc1[N+](=O)[O-]. The first-order valence-electron chi connectivity index (χ1n) is 5.93. The second-order valence-electron chi connectivity index (χ2n) is 4.84. The summed E-state index contributed by atoms with van der Waals surface area (Å²) < 4.78 is 24.9. The van der Waals surface area contributed by atoms with Crippen LogP contribution in [0.5, 0.6) is 0 Å². The van der Waals surface area contributed by atoms with Crippen LogP contribution in [0.25, 0.3) is 0 Å². The zero-order valence-corrected chi connectivity index (χ0v) is 13.7. The number of carbonyl (C=O) groups is 1. The molecule has 0 aliphatic carbocycles. The Hall–Kier alpha value is -1.48. The minimum absolute atomic E-state index is 0.0323. The first kappa shape index (κ1) is 17.6. The van der Waals surface area contributed by atoms with Gasteiger partial charge in [0.15, 0.2) is 15.1 Å². The van der Waals surface area contributed by atoms with Gasteiger partial charge in [-0.15, -0.1) is 0 Å². The molecule has 9 heteroatoms. The van der Waals surface area contributed by atoms with E-state index in [1.807, 2.05) is 0 Å². The molecule has 0 saturated carbocycles. The molecule has 1 unspecified atom stereocenters. The number of carboxylic acid groups (broad SMARTS) is 1. The number of nitro groups is 1. The molecule has 0 aliphatic rings. The summed E-state index contributed by atoms with van der Waals surface area (Å²) in [5, 5.41) is 18.4. The third kappa shape index (κ3) is 4.24. The van der Waals surface area contributed by atoms with Crippen LogP contribution in [-0.4, -0.2) is 29.7 Å². The average Bonchev–Trinajstić information content (AvgIpc) is 2.29. The van der Waals surface area contributed by atoms with Gasteiger partial charge in [-0.05, 0) is 12.0 Å². The van der Waals surface area contributed by atoms with Gasteiger partial charge < -0.3 is 5.11 Å². The molecule has 1 N–H and O–H groups in total. The quantitative estimate of drug-likeness (QED) is 0.599. The van der Waals surface area contributed by atoms with Gasteiger partial charge in [-0.25, -0.2) is 8.42 Å². The van der Waals surface area contributed by atoms with E-state index < -0.39 is 37.7 Å². The van der Waals surface area contributed by atoms with E-state index in [4.69, 9.17) is 5.11 Å². The lowest BCUT2D eigenvalue weighted by Gasteiger charge is -2.16. The van der Waals surface area contributed by atoms with Gasteiger partial charge in [0, 0.05) is 16.1 Å². The van der Waals surface area contributed by atoms with Gasteiger partial charge in [0.1, 0.15) is 0 Å². The van der Waals surface area contributed by atoms with Crippen LogP contribution < -0.4 is 0 Å². The second-order valence-corrected chi connectivity index (χ2v) is 7.88. The number of carboxylic acids is 1. The zero-order chi connectivity index (χ0) is 16.4. The molecule has 0 radical (unpaired) electrons. The normalized spacial score (nSPS) is 13.1. The summed E-state index contributed by atoms with van der Waals surface area (Å²) in [6.07, 6.45) is 0. The Kier molecular flexibility index (Phi) is 5.46. The standard InChI is InChI=1S/C12H14BrNO6S/c1-7(2)11(12(15)16)21(19,20)6-8-3-4-9(13)5-10(8)14(17)18/h3-5,7,11H,6H2,1-2H3,(H,15,16). The fourth-order valence-electron chi connectivity index (χ4n) is 1.99. The largest absolute Gasteiger partial charge is 0.480 e. The van der Waals surface area contributed by atoms with Crippen molar-refractivity contribution in [3.05, 3.63) is 38.3 Å². The van der Waals surface area contributed by atoms with Crippen molar-refractivity contribution < 1.29 is 23.2 Å². The summed E-state index contributed by atoms with van der Waals surface area (Å²) in [4.78, 5) is 21.4. The van der Waals surface area contributed by atoms with Gasteiger partial charge in [0.05, 0.1) is 10.7 Å². The van der Waals surface area contributed by atoms with Crippen LogP contribution >= 0.6 is 15.9 Å². The van der Waals surface area contributed by atoms with E-state index in [0.717, 1.165) is 0 Å². The highest BCUT2D eigenvalue weighted by Crippen LogP contribution is 2.27. The van der Waals surface area contributed by atoms with Crippen molar-refractivity contribution >= 4 is 37.4 Å². The van der Waals surface area contributed by atoms with Crippen molar-refractivity contribution in [2.45, 2.75) is 24.9 Å². The van der Waals surface area contributed by atoms with Gasteiger partial charge in [0.2, 0.25) is 0 Å². The number of aliphatic carboxylic acids is 1. The molecule has 21 heavy (non-hydrogen) atoms. The Morgan fingerprint density at radius 2 is 2.00 bits per heavy atom. The molecule has 0 amide bonds. The monoisotopic (exact) mass is 379 g/mol. The Labute approximate surface area is 130 Å². The molecule has 0 fully saturated rings. The molecular weight excluding hydrogens is 366 g/mol. The van der Waals surface area contributed by atoms with Crippen molar-refractivity contribution in [3.63, 3.8) is 0 Å². The van der Waals surface area contributed by atoms with Gasteiger partial charge in [-0.3, -0.25) is 14.9 Å². The first-order valence-corrected chi connectivity index (χ1v) is 8.44. The summed E-state index contributed by atoms with van der Waals surface area (Å²) in [7, 11) is -4.06. The predicted octanol–water partition coefficient (Wildman–Crippen LogP) is 2.38. The molecule has 1 rings (SSSR count). The van der Waals surface area contributed by atoms with E-state index in [1.165, 1.54) is 32.0 Å². The summed E-state index contributed by atoms with van der Waals surface area (Å²) >= 11 is 3.07. The number of benzene rings is 1. The highest BCUT2D eigenvalue weighted by Gasteiger charge is 2.36. The molecule has 0 aromatic heterocycles. The van der Waals surface area contributed by atoms with Crippen LogP contribution in [0.4, 0.5) is 5.69 Å². The number of hydrogen-bond acceptors (Lipinski definition) is 5. The zero-order valence-electron chi connectivity index (χ0n) is 11.3. The number of rotatable bonds is 6. The highest BCUT2D eigenvalue weighted by molar-refractivity contribution is 9.10. The lowest BCUT2D eigenvalue weighted by Crippen LogP contribution is -2.35. The van der Waals surface area contributed by atoms with Crippen LogP contribution in [0.3, 0.4) is 0 Å². The number of nitrogens with zero attached hydrogens (tertiary/aromatic N) is 1. The molecule has 0 heterocycles. The van der Waals surface area contributed by atoms with E-state index in [-0.39, 0.29) is 11.3 Å². The summed E-state index contributed by atoms with van der Waals surface area (Å²) in [5.74, 6) is -2.78. The Balaban J connectivity index is 3.27. The van der Waals surface area contributed by atoms with Crippen LogP contribution in [0.15, 0.2) is 22.7 Å². The number of sulfone groups is 1. The van der Waals surface area contributed by atoms with Crippen LogP contribution in [-0.2, 0) is 20.4 Å². The van der Waals surface area contributed by atoms with Crippen LogP contribution in [0, 0.1) is 16.0 Å². The summed E-state index contributed by atoms with van der Waals surface area (Å²) in [5.41, 5.74) is -0.393. The van der Waals surface area contributed by atoms with Crippen molar-refractivity contribution in [2.75, 3.05) is 0 Å². The molecule has 1 atom stereocenters. The molecule has 1 aromatic rings. The minimum atomic E-state index is -4.06. The topological polar surface area (TPSA) is 115 Å². The van der Waals surface area contributed by atoms with Gasteiger partial charge >= 0.3 is 5.97 Å². The number of halogens is 1. The summed E-state index contributed by atoms with van der Waals surface area (Å²) in [6.45, 7) is 2.96. The number of nitro benzene ring substituents is 1. The summed E-state index contributed by atoms with van der Waals surface area (Å²) in [6, 6.07) is 3.97. The number of hydrogen-bond donors (Lipinski definition) is 1. The van der Waals surface area contributed by atoms with Gasteiger partial charge in [-0.1, -0.05) is 35.8 Å². The van der Waals surface area contributed by atoms with Crippen molar-refractivity contribution in [3.8, 4) is 0 Å². The van der Waals surface area contributed by atoms with Crippen molar-refractivity contribution in [1.29, 1.82) is 0 Å². The molecule has 0 bridgehead atoms. The van der Waals surface area contributed by atoms with Crippen LogP contribution in [0.1, 0.15) is 19.4 Å². The molecule has 1 aromatic carbocycles. The van der Waals surface area contributed by atoms with Crippen LogP contribution in [0.2, 0.25) is 0 Å². The molecule has 0 spiro atoms. The van der Waals surface area contributed by atoms with E-state index in [2.05, 4.69) is 15.9 Å². The van der Waals surface area contributed by atoms with Gasteiger partial charge in [0.25, 0.3) is 5.69 Å². The lowest BCUT2D eigenvalue weighted by atomic mass is 10.1. The third-order valence-corrected chi connectivity index (χ3v) is 5.56. The molecule has 0 saturated heterocycles. The average molecular weight is 380 g/mol. The van der Waals surface area contributed by atoms with E-state index in [9.17, 15) is 23.3 Å².